The van der Waals surface area contributed by atoms with Crippen LogP contribution >= 0.6 is 0 Å². The molecule has 1 rings (SSSR count). The van der Waals surface area contributed by atoms with Crippen LogP contribution in [0.1, 0.15) is 50.7 Å². The minimum Gasteiger partial charge on any atom is -0.300 e. The number of benzene rings is 1. The molecule has 0 saturated carbocycles. The number of hydrogen-bond donors (Lipinski definition) is 0. The van der Waals surface area contributed by atoms with Crippen molar-refractivity contribution in [2.75, 3.05) is 0 Å². The van der Waals surface area contributed by atoms with Gasteiger partial charge in [0.1, 0.15) is 5.78 Å². The number of unbranched alkanes of at least 4 members (excludes halogenated alkanes) is 2. The summed E-state index contributed by atoms with van der Waals surface area (Å²) in [5.41, 5.74) is 2.74. The fraction of sp³-hybridized carbons (Fsp3) is 0.533. The number of carbonyl (C=O) groups excluding carboxylic acids is 1. The second-order valence-electron chi connectivity index (χ2n) is 4.24. The monoisotopic (exact) mass is 220 g/mol. The van der Waals surface area contributed by atoms with Crippen LogP contribution < -0.4 is 0 Å². The van der Waals surface area contributed by atoms with Gasteiger partial charge in [0.15, 0.2) is 0 Å². The maximum atomic E-state index is 10.3. The van der Waals surface area contributed by atoms with Crippen LogP contribution in [0.4, 0.5) is 0 Å². The molecule has 0 saturated heterocycles. The van der Waals surface area contributed by atoms with E-state index >= 15 is 0 Å². The first kappa shape index (κ1) is 14.9. The second-order valence-corrected chi connectivity index (χ2v) is 4.24. The minimum atomic E-state index is 0.318. The van der Waals surface area contributed by atoms with E-state index in [1.165, 1.54) is 24.0 Å². The Labute approximate surface area is 99.9 Å². The van der Waals surface area contributed by atoms with Gasteiger partial charge in [0.2, 0.25) is 0 Å². The summed E-state index contributed by atoms with van der Waals surface area (Å²) in [5, 5.41) is 0. The molecule has 0 heterocycles. The average molecular weight is 220 g/mol. The predicted molar refractivity (Wildman–Crippen MR) is 70.7 cm³/mol. The van der Waals surface area contributed by atoms with Crippen LogP contribution in [0.15, 0.2) is 24.3 Å². The molecule has 1 nitrogen and oxygen atoms in total. The molecule has 0 aliphatic rings. The number of hydrogen-bond acceptors (Lipinski definition) is 1. The molecule has 0 bridgehead atoms. The molecule has 0 N–H and O–H groups in total. The third-order valence-corrected chi connectivity index (χ3v) is 2.56. The summed E-state index contributed by atoms with van der Waals surface area (Å²) in [4.78, 5) is 10.3. The van der Waals surface area contributed by atoms with Crippen molar-refractivity contribution in [1.82, 2.24) is 0 Å². The molecule has 0 aromatic heterocycles. The van der Waals surface area contributed by atoms with Crippen molar-refractivity contribution in [2.24, 2.45) is 0 Å². The lowest BCUT2D eigenvalue weighted by atomic mass is 10.1. The lowest BCUT2D eigenvalue weighted by molar-refractivity contribution is -0.117. The zero-order chi connectivity index (χ0) is 12.4. The van der Waals surface area contributed by atoms with Gasteiger partial charge in [-0.25, -0.2) is 0 Å². The number of Topliss-reactive ketones (excluding diaryl/α,β-unsaturated/α-hetero) is 1. The highest BCUT2D eigenvalue weighted by molar-refractivity contribution is 5.75. The lowest BCUT2D eigenvalue weighted by Gasteiger charge is -1.93. The standard InChI is InChI=1S/C8H10.C7H14O/c1-7-5-3-4-6-8(7)2;1-3-4-5-6-7(2)8/h3-6H,1-2H3;3-6H2,1-2H3. The van der Waals surface area contributed by atoms with E-state index in [9.17, 15) is 4.79 Å². The van der Waals surface area contributed by atoms with E-state index in [0.29, 0.717) is 5.78 Å². The maximum absolute atomic E-state index is 10.3. The molecule has 0 aliphatic carbocycles. The van der Waals surface area contributed by atoms with Gasteiger partial charge < -0.3 is 4.79 Å². The van der Waals surface area contributed by atoms with Gasteiger partial charge in [-0.15, -0.1) is 0 Å². The van der Waals surface area contributed by atoms with Gasteiger partial charge in [0.25, 0.3) is 0 Å². The Hall–Kier alpha value is -1.11. The van der Waals surface area contributed by atoms with Crippen molar-refractivity contribution in [3.8, 4) is 0 Å². The molecule has 16 heavy (non-hydrogen) atoms. The van der Waals surface area contributed by atoms with Crippen molar-refractivity contribution in [1.29, 1.82) is 0 Å². The molecule has 0 atom stereocenters. The zero-order valence-corrected chi connectivity index (χ0v) is 11.0. The molecule has 1 aromatic carbocycles. The zero-order valence-electron chi connectivity index (χ0n) is 11.0. The van der Waals surface area contributed by atoms with E-state index in [1.807, 2.05) is 0 Å². The minimum absolute atomic E-state index is 0.318. The van der Waals surface area contributed by atoms with Crippen molar-refractivity contribution >= 4 is 5.78 Å². The Balaban J connectivity index is 0.000000281. The van der Waals surface area contributed by atoms with Crippen molar-refractivity contribution < 1.29 is 4.79 Å². The quantitative estimate of drug-likeness (QED) is 0.685. The number of carbonyl (C=O) groups is 1. The van der Waals surface area contributed by atoms with Gasteiger partial charge in [-0.2, -0.15) is 0 Å². The summed E-state index contributed by atoms with van der Waals surface area (Å²) < 4.78 is 0. The Morgan fingerprint density at radius 1 is 1.06 bits per heavy atom. The molecular weight excluding hydrogens is 196 g/mol. The third-order valence-electron chi connectivity index (χ3n) is 2.56. The van der Waals surface area contributed by atoms with Crippen molar-refractivity contribution in [2.45, 2.75) is 53.4 Å². The van der Waals surface area contributed by atoms with Crippen molar-refractivity contribution in [3.63, 3.8) is 0 Å². The summed E-state index contributed by atoms with van der Waals surface area (Å²) in [7, 11) is 0. The molecule has 0 fully saturated rings. The van der Waals surface area contributed by atoms with Crippen LogP contribution in [-0.2, 0) is 4.79 Å². The Bertz CT molecular complexity index is 281. The SMILES string of the molecule is CCCCCC(C)=O.Cc1ccccc1C. The van der Waals surface area contributed by atoms with E-state index in [1.54, 1.807) is 6.92 Å². The van der Waals surface area contributed by atoms with Crippen LogP contribution in [0.2, 0.25) is 0 Å². The molecule has 90 valence electrons. The van der Waals surface area contributed by atoms with Gasteiger partial charge in [0.05, 0.1) is 0 Å². The molecule has 1 heteroatoms. The molecule has 1 aromatic rings. The normalized spacial score (nSPS) is 9.25. The molecule has 0 unspecified atom stereocenters. The summed E-state index contributed by atoms with van der Waals surface area (Å²) in [6, 6.07) is 8.36. The van der Waals surface area contributed by atoms with E-state index in [0.717, 1.165) is 12.8 Å². The van der Waals surface area contributed by atoms with E-state index < -0.39 is 0 Å². The Morgan fingerprint density at radius 2 is 1.56 bits per heavy atom. The fourth-order valence-electron chi connectivity index (χ4n) is 1.29. The van der Waals surface area contributed by atoms with Crippen LogP contribution in [0.25, 0.3) is 0 Å². The summed E-state index contributed by atoms with van der Waals surface area (Å²) in [6.07, 6.45) is 4.24. The van der Waals surface area contributed by atoms with Crippen LogP contribution in [0, 0.1) is 13.8 Å². The Morgan fingerprint density at radius 3 is 1.88 bits per heavy atom. The van der Waals surface area contributed by atoms with Gasteiger partial charge in [-0.05, 0) is 38.3 Å². The summed E-state index contributed by atoms with van der Waals surface area (Å²) in [5.74, 6) is 0.318. The van der Waals surface area contributed by atoms with Crippen LogP contribution in [0.3, 0.4) is 0 Å². The largest absolute Gasteiger partial charge is 0.300 e. The first-order valence-electron chi connectivity index (χ1n) is 6.09. The number of aryl methyl sites for hydroxylation is 2. The van der Waals surface area contributed by atoms with Gasteiger partial charge in [0, 0.05) is 6.42 Å². The molecule has 0 aliphatic heterocycles. The predicted octanol–water partition coefficient (Wildman–Crippen LogP) is 4.46. The average Bonchev–Trinajstić information content (AvgIpc) is 2.23. The summed E-state index contributed by atoms with van der Waals surface area (Å²) in [6.45, 7) is 8.03. The Kier molecular flexibility index (Phi) is 8.51. The molecule has 0 amide bonds. The fourth-order valence-corrected chi connectivity index (χ4v) is 1.29. The van der Waals surface area contributed by atoms with Gasteiger partial charge in [-0.1, -0.05) is 44.0 Å². The van der Waals surface area contributed by atoms with Gasteiger partial charge >= 0.3 is 0 Å². The summed E-state index contributed by atoms with van der Waals surface area (Å²) >= 11 is 0. The smallest absolute Gasteiger partial charge is 0.129 e. The van der Waals surface area contributed by atoms with E-state index in [2.05, 4.69) is 45.0 Å². The highest BCUT2D eigenvalue weighted by Gasteiger charge is 1.89. The molecule has 0 radical (unpaired) electrons. The number of ketones is 1. The molecular formula is C15H24O. The first-order chi connectivity index (χ1) is 7.57. The van der Waals surface area contributed by atoms with Crippen molar-refractivity contribution in [3.05, 3.63) is 35.4 Å². The maximum Gasteiger partial charge on any atom is 0.129 e. The van der Waals surface area contributed by atoms with E-state index in [-0.39, 0.29) is 0 Å². The highest BCUT2D eigenvalue weighted by Crippen LogP contribution is 2.02. The highest BCUT2D eigenvalue weighted by atomic mass is 16.1. The topological polar surface area (TPSA) is 17.1 Å². The van der Waals surface area contributed by atoms with Crippen LogP contribution in [0.5, 0.6) is 0 Å². The van der Waals surface area contributed by atoms with Crippen LogP contribution in [-0.4, -0.2) is 5.78 Å². The second kappa shape index (κ2) is 9.14. The third kappa shape index (κ3) is 8.22. The first-order valence-corrected chi connectivity index (χ1v) is 6.09. The lowest BCUT2D eigenvalue weighted by Crippen LogP contribution is -1.87. The molecule has 0 spiro atoms. The van der Waals surface area contributed by atoms with E-state index in [4.69, 9.17) is 0 Å². The van der Waals surface area contributed by atoms with Gasteiger partial charge in [-0.3, -0.25) is 0 Å². The number of rotatable bonds is 4.